The summed E-state index contributed by atoms with van der Waals surface area (Å²) in [6.07, 6.45) is 2.61. The van der Waals surface area contributed by atoms with E-state index in [1.807, 2.05) is 12.1 Å². The molecule has 1 aliphatic rings. The van der Waals surface area contributed by atoms with Gasteiger partial charge >= 0.3 is 0 Å². The molecule has 1 N–H and O–H groups in total. The fourth-order valence-electron chi connectivity index (χ4n) is 3.30. The Labute approximate surface area is 129 Å². The first-order valence-electron chi connectivity index (χ1n) is 7.90. The highest BCUT2D eigenvalue weighted by Gasteiger charge is 2.45. The van der Waals surface area contributed by atoms with Crippen LogP contribution >= 0.6 is 11.6 Å². The van der Waals surface area contributed by atoms with E-state index in [0.29, 0.717) is 11.3 Å². The molecular weight excluding hydrogens is 266 g/mol. The minimum Gasteiger partial charge on any atom is -0.316 e. The Hall–Kier alpha value is -0.530. The van der Waals surface area contributed by atoms with Crippen LogP contribution in [0.2, 0.25) is 5.02 Å². The lowest BCUT2D eigenvalue weighted by Crippen LogP contribution is -2.50. The van der Waals surface area contributed by atoms with E-state index in [0.717, 1.165) is 29.9 Å². The Morgan fingerprint density at radius 3 is 2.25 bits per heavy atom. The van der Waals surface area contributed by atoms with Crippen molar-refractivity contribution in [1.29, 1.82) is 0 Å². The molecule has 0 aliphatic heterocycles. The number of hydrogen-bond donors (Lipinski definition) is 1. The average molecular weight is 294 g/mol. The van der Waals surface area contributed by atoms with Crippen molar-refractivity contribution in [1.82, 2.24) is 5.32 Å². The van der Waals surface area contributed by atoms with Crippen LogP contribution in [0.25, 0.3) is 0 Å². The van der Waals surface area contributed by atoms with Crippen molar-refractivity contribution in [2.75, 3.05) is 13.1 Å². The fourth-order valence-corrected chi connectivity index (χ4v) is 3.43. The molecule has 1 aromatic carbocycles. The molecular formula is C18H28ClN. The van der Waals surface area contributed by atoms with Gasteiger partial charge in [0.1, 0.15) is 0 Å². The Kier molecular flexibility index (Phi) is 5.14. The SMILES string of the molecule is CC(C)CNCC1(c2ccc(Cl)cc2)CC(C(C)C)C1. The molecule has 1 aromatic rings. The Morgan fingerprint density at radius 1 is 1.15 bits per heavy atom. The van der Waals surface area contributed by atoms with Crippen LogP contribution in [0.1, 0.15) is 46.1 Å². The first kappa shape index (κ1) is 15.9. The molecule has 1 saturated carbocycles. The predicted molar refractivity (Wildman–Crippen MR) is 88.4 cm³/mol. The van der Waals surface area contributed by atoms with Gasteiger partial charge in [0.25, 0.3) is 0 Å². The summed E-state index contributed by atoms with van der Waals surface area (Å²) < 4.78 is 0. The molecule has 1 fully saturated rings. The topological polar surface area (TPSA) is 12.0 Å². The van der Waals surface area contributed by atoms with Crippen molar-refractivity contribution in [3.63, 3.8) is 0 Å². The van der Waals surface area contributed by atoms with Gasteiger partial charge in [0.05, 0.1) is 0 Å². The van der Waals surface area contributed by atoms with Gasteiger partial charge in [-0.3, -0.25) is 0 Å². The molecule has 0 radical (unpaired) electrons. The van der Waals surface area contributed by atoms with Gasteiger partial charge in [-0.05, 0) is 54.8 Å². The van der Waals surface area contributed by atoms with Crippen molar-refractivity contribution >= 4 is 11.6 Å². The van der Waals surface area contributed by atoms with Gasteiger partial charge < -0.3 is 5.32 Å². The minimum atomic E-state index is 0.328. The third-order valence-electron chi connectivity index (χ3n) is 4.72. The lowest BCUT2D eigenvalue weighted by Gasteiger charge is -2.50. The summed E-state index contributed by atoms with van der Waals surface area (Å²) in [7, 11) is 0. The number of rotatable bonds is 6. The van der Waals surface area contributed by atoms with Crippen molar-refractivity contribution in [2.45, 2.75) is 46.0 Å². The van der Waals surface area contributed by atoms with Crippen molar-refractivity contribution < 1.29 is 0 Å². The van der Waals surface area contributed by atoms with Gasteiger partial charge in [-0.15, -0.1) is 0 Å². The van der Waals surface area contributed by atoms with Crippen LogP contribution in [-0.2, 0) is 5.41 Å². The molecule has 0 spiro atoms. The minimum absolute atomic E-state index is 0.328. The number of nitrogens with one attached hydrogen (secondary N) is 1. The Balaban J connectivity index is 2.07. The van der Waals surface area contributed by atoms with Crippen molar-refractivity contribution in [3.05, 3.63) is 34.9 Å². The second-order valence-corrected chi connectivity index (χ2v) is 7.66. The Morgan fingerprint density at radius 2 is 1.75 bits per heavy atom. The second-order valence-electron chi connectivity index (χ2n) is 7.22. The summed E-state index contributed by atoms with van der Waals surface area (Å²) >= 11 is 6.03. The molecule has 0 saturated heterocycles. The summed E-state index contributed by atoms with van der Waals surface area (Å²) in [6, 6.07) is 8.50. The van der Waals surface area contributed by atoms with E-state index in [-0.39, 0.29) is 0 Å². The summed E-state index contributed by atoms with van der Waals surface area (Å²) in [5.74, 6) is 2.37. The molecule has 0 atom stereocenters. The lowest BCUT2D eigenvalue weighted by atomic mass is 9.56. The first-order chi connectivity index (χ1) is 9.43. The normalized spacial score (nSPS) is 26.1. The van der Waals surface area contributed by atoms with E-state index in [9.17, 15) is 0 Å². The van der Waals surface area contributed by atoms with Crippen LogP contribution in [0.15, 0.2) is 24.3 Å². The molecule has 0 amide bonds. The standard InChI is InChI=1S/C18H28ClN/c1-13(2)11-20-12-18(9-15(10-18)14(3)4)16-5-7-17(19)8-6-16/h5-8,13-15,20H,9-12H2,1-4H3. The summed E-state index contributed by atoms with van der Waals surface area (Å²) in [6.45, 7) is 11.4. The maximum absolute atomic E-state index is 6.03. The highest BCUT2D eigenvalue weighted by Crippen LogP contribution is 2.50. The first-order valence-corrected chi connectivity index (χ1v) is 8.27. The van der Waals surface area contributed by atoms with Gasteiger partial charge in [0, 0.05) is 17.0 Å². The van der Waals surface area contributed by atoms with E-state index in [2.05, 4.69) is 45.1 Å². The third kappa shape index (κ3) is 3.56. The Bertz CT molecular complexity index is 416. The molecule has 0 unspecified atom stereocenters. The summed E-state index contributed by atoms with van der Waals surface area (Å²) in [5, 5.41) is 4.50. The molecule has 1 nitrogen and oxygen atoms in total. The molecule has 0 bridgehead atoms. The van der Waals surface area contributed by atoms with Gasteiger partial charge in [0.15, 0.2) is 0 Å². The van der Waals surface area contributed by atoms with Crippen LogP contribution in [0.3, 0.4) is 0 Å². The van der Waals surface area contributed by atoms with Crippen molar-refractivity contribution in [2.24, 2.45) is 17.8 Å². The van der Waals surface area contributed by atoms with Crippen molar-refractivity contribution in [3.8, 4) is 0 Å². The quantitative estimate of drug-likeness (QED) is 0.787. The molecule has 2 rings (SSSR count). The molecule has 0 heterocycles. The number of benzene rings is 1. The largest absolute Gasteiger partial charge is 0.316 e. The highest BCUT2D eigenvalue weighted by atomic mass is 35.5. The molecule has 1 aliphatic carbocycles. The third-order valence-corrected chi connectivity index (χ3v) is 4.97. The van der Waals surface area contributed by atoms with Crippen LogP contribution in [0, 0.1) is 17.8 Å². The van der Waals surface area contributed by atoms with Crippen LogP contribution < -0.4 is 5.32 Å². The monoisotopic (exact) mass is 293 g/mol. The highest BCUT2D eigenvalue weighted by molar-refractivity contribution is 6.30. The molecule has 112 valence electrons. The fraction of sp³-hybridized carbons (Fsp3) is 0.667. The van der Waals surface area contributed by atoms with Gasteiger partial charge in [-0.25, -0.2) is 0 Å². The van der Waals surface area contributed by atoms with E-state index in [4.69, 9.17) is 11.6 Å². The van der Waals surface area contributed by atoms with Crippen LogP contribution in [0.4, 0.5) is 0 Å². The maximum Gasteiger partial charge on any atom is 0.0406 e. The summed E-state index contributed by atoms with van der Waals surface area (Å²) in [4.78, 5) is 0. The molecule has 2 heteroatoms. The average Bonchev–Trinajstić information content (AvgIpc) is 2.32. The van der Waals surface area contributed by atoms with E-state index in [1.165, 1.54) is 18.4 Å². The van der Waals surface area contributed by atoms with E-state index >= 15 is 0 Å². The maximum atomic E-state index is 6.03. The van der Waals surface area contributed by atoms with Crippen LogP contribution in [-0.4, -0.2) is 13.1 Å². The number of halogens is 1. The van der Waals surface area contributed by atoms with Crippen LogP contribution in [0.5, 0.6) is 0 Å². The van der Waals surface area contributed by atoms with Gasteiger partial charge in [0.2, 0.25) is 0 Å². The second kappa shape index (κ2) is 6.49. The zero-order valence-corrected chi connectivity index (χ0v) is 14.0. The lowest BCUT2D eigenvalue weighted by molar-refractivity contribution is 0.0971. The van der Waals surface area contributed by atoms with Gasteiger partial charge in [-0.1, -0.05) is 51.4 Å². The molecule has 0 aromatic heterocycles. The van der Waals surface area contributed by atoms with E-state index in [1.54, 1.807) is 0 Å². The zero-order chi connectivity index (χ0) is 14.8. The zero-order valence-electron chi connectivity index (χ0n) is 13.2. The summed E-state index contributed by atoms with van der Waals surface area (Å²) in [5.41, 5.74) is 1.78. The van der Waals surface area contributed by atoms with Gasteiger partial charge in [-0.2, -0.15) is 0 Å². The predicted octanol–water partition coefficient (Wildman–Crippen LogP) is 4.89. The number of hydrogen-bond acceptors (Lipinski definition) is 1. The van der Waals surface area contributed by atoms with E-state index < -0.39 is 0 Å². The smallest absolute Gasteiger partial charge is 0.0406 e. The molecule has 20 heavy (non-hydrogen) atoms.